The Hall–Kier alpha value is -3.23. The van der Waals surface area contributed by atoms with Crippen molar-refractivity contribution in [3.63, 3.8) is 0 Å². The molecule has 3 aromatic heterocycles. The number of aromatic nitrogens is 5. The predicted molar refractivity (Wildman–Crippen MR) is 84.7 cm³/mol. The van der Waals surface area contributed by atoms with Crippen LogP contribution in [0, 0.1) is 0 Å². The van der Waals surface area contributed by atoms with Crippen LogP contribution < -0.4 is 10.1 Å². The van der Waals surface area contributed by atoms with Crippen LogP contribution >= 0.6 is 0 Å². The number of anilines is 1. The Kier molecular flexibility index (Phi) is 3.45. The number of hydrogen-bond donors (Lipinski definition) is 1. The van der Waals surface area contributed by atoms with Gasteiger partial charge in [-0.1, -0.05) is 0 Å². The summed E-state index contributed by atoms with van der Waals surface area (Å²) in [6, 6.07) is 5.11. The van der Waals surface area contributed by atoms with E-state index >= 15 is 0 Å². The second kappa shape index (κ2) is 5.76. The zero-order valence-electron chi connectivity index (χ0n) is 13.0. The van der Waals surface area contributed by atoms with Gasteiger partial charge in [-0.2, -0.15) is 14.7 Å². The highest BCUT2D eigenvalue weighted by Gasteiger charge is 2.23. The highest BCUT2D eigenvalue weighted by molar-refractivity contribution is 5.88. The molecule has 9 heteroatoms. The molecular weight excluding hydrogens is 310 g/mol. The molecule has 122 valence electrons. The van der Waals surface area contributed by atoms with Crippen molar-refractivity contribution in [3.8, 4) is 5.88 Å². The largest absolute Gasteiger partial charge is 0.480 e. The molecule has 3 aromatic rings. The molecule has 1 N–H and O–H groups in total. The van der Waals surface area contributed by atoms with Gasteiger partial charge in [0.15, 0.2) is 5.65 Å². The average Bonchev–Trinajstić information content (AvgIpc) is 3.10. The summed E-state index contributed by atoms with van der Waals surface area (Å²) >= 11 is 0. The monoisotopic (exact) mass is 325 g/mol. The summed E-state index contributed by atoms with van der Waals surface area (Å²) in [5.41, 5.74) is 2.53. The lowest BCUT2D eigenvalue weighted by Crippen LogP contribution is -2.39. The molecule has 0 radical (unpaired) electrons. The van der Waals surface area contributed by atoms with Crippen molar-refractivity contribution >= 4 is 17.5 Å². The number of urea groups is 1. The fourth-order valence-corrected chi connectivity index (χ4v) is 2.70. The number of nitrogens with zero attached hydrogens (tertiary/aromatic N) is 6. The smallest absolute Gasteiger partial charge is 0.323 e. The molecule has 1 aliphatic heterocycles. The zero-order chi connectivity index (χ0) is 16.5. The molecule has 0 spiro atoms. The highest BCUT2D eigenvalue weighted by Crippen LogP contribution is 2.20. The first-order chi connectivity index (χ1) is 11.7. The number of methoxy groups -OCH3 is 1. The Morgan fingerprint density at radius 3 is 3.08 bits per heavy atom. The van der Waals surface area contributed by atoms with E-state index in [4.69, 9.17) is 4.74 Å². The first-order valence-electron chi connectivity index (χ1n) is 7.49. The van der Waals surface area contributed by atoms with Gasteiger partial charge in [0.25, 0.3) is 0 Å². The Labute approximate surface area is 137 Å². The van der Waals surface area contributed by atoms with Gasteiger partial charge in [0.2, 0.25) is 5.88 Å². The van der Waals surface area contributed by atoms with Crippen LogP contribution in [-0.2, 0) is 13.0 Å². The maximum absolute atomic E-state index is 12.6. The van der Waals surface area contributed by atoms with Crippen LogP contribution in [0.3, 0.4) is 0 Å². The van der Waals surface area contributed by atoms with E-state index in [2.05, 4.69) is 25.6 Å². The summed E-state index contributed by atoms with van der Waals surface area (Å²) in [6.45, 7) is 1.04. The molecular formula is C15H15N7O2. The van der Waals surface area contributed by atoms with E-state index in [-0.39, 0.29) is 6.03 Å². The van der Waals surface area contributed by atoms with Crippen molar-refractivity contribution in [2.75, 3.05) is 19.0 Å². The van der Waals surface area contributed by atoms with Crippen LogP contribution in [0.15, 0.2) is 30.6 Å². The van der Waals surface area contributed by atoms with Gasteiger partial charge in [0, 0.05) is 43.4 Å². The highest BCUT2D eigenvalue weighted by atomic mass is 16.5. The molecule has 0 atom stereocenters. The maximum Gasteiger partial charge on any atom is 0.323 e. The Balaban J connectivity index is 1.54. The number of carbonyl (C=O) groups excluding carboxylic acids is 1. The van der Waals surface area contributed by atoms with Crippen molar-refractivity contribution in [2.45, 2.75) is 13.0 Å². The third-order valence-corrected chi connectivity index (χ3v) is 3.94. The summed E-state index contributed by atoms with van der Waals surface area (Å²) in [5, 5.41) is 15.2. The first-order valence-corrected chi connectivity index (χ1v) is 7.49. The molecule has 9 nitrogen and oxygen atoms in total. The Morgan fingerprint density at radius 2 is 2.21 bits per heavy atom. The number of ether oxygens (including phenoxy) is 1. The van der Waals surface area contributed by atoms with Crippen molar-refractivity contribution in [2.24, 2.45) is 0 Å². The Morgan fingerprint density at radius 1 is 1.29 bits per heavy atom. The molecule has 2 amide bonds. The van der Waals surface area contributed by atoms with E-state index in [0.717, 1.165) is 11.3 Å². The lowest BCUT2D eigenvalue weighted by Gasteiger charge is -2.28. The van der Waals surface area contributed by atoms with Crippen LogP contribution in [0.4, 0.5) is 10.6 Å². The van der Waals surface area contributed by atoms with Crippen molar-refractivity contribution < 1.29 is 9.53 Å². The number of rotatable bonds is 2. The fourth-order valence-electron chi connectivity index (χ4n) is 2.70. The second-order valence-electron chi connectivity index (χ2n) is 5.39. The minimum atomic E-state index is -0.195. The normalized spacial score (nSPS) is 13.6. The van der Waals surface area contributed by atoms with Gasteiger partial charge in [-0.25, -0.2) is 9.78 Å². The molecule has 0 saturated heterocycles. The molecule has 0 unspecified atom stereocenters. The quantitative estimate of drug-likeness (QED) is 0.758. The average molecular weight is 325 g/mol. The number of amides is 2. The van der Waals surface area contributed by atoms with Gasteiger partial charge in [0.05, 0.1) is 19.0 Å². The van der Waals surface area contributed by atoms with Gasteiger partial charge in [-0.05, 0) is 6.07 Å². The van der Waals surface area contributed by atoms with Gasteiger partial charge in [-0.3, -0.25) is 5.32 Å². The molecule has 0 aliphatic carbocycles. The third-order valence-electron chi connectivity index (χ3n) is 3.94. The van der Waals surface area contributed by atoms with Crippen LogP contribution in [0.25, 0.3) is 5.65 Å². The fraction of sp³-hybridized carbons (Fsp3) is 0.267. The first kappa shape index (κ1) is 14.4. The third kappa shape index (κ3) is 2.49. The van der Waals surface area contributed by atoms with Gasteiger partial charge in [0.1, 0.15) is 5.82 Å². The zero-order valence-corrected chi connectivity index (χ0v) is 13.0. The summed E-state index contributed by atoms with van der Waals surface area (Å²) < 4.78 is 6.69. The molecule has 0 bridgehead atoms. The molecule has 0 aromatic carbocycles. The SMILES string of the molecule is COc1cc2c(nn1)CCN(C(=O)Nc1ccnc3ccnn13)C2. The van der Waals surface area contributed by atoms with E-state index in [9.17, 15) is 4.79 Å². The maximum atomic E-state index is 12.6. The summed E-state index contributed by atoms with van der Waals surface area (Å²) in [7, 11) is 1.54. The molecule has 0 saturated carbocycles. The van der Waals surface area contributed by atoms with Gasteiger partial charge < -0.3 is 9.64 Å². The van der Waals surface area contributed by atoms with Crippen molar-refractivity contribution in [1.29, 1.82) is 0 Å². The van der Waals surface area contributed by atoms with Crippen molar-refractivity contribution in [1.82, 2.24) is 29.7 Å². The van der Waals surface area contributed by atoms with Crippen molar-refractivity contribution in [3.05, 3.63) is 41.9 Å². The summed E-state index contributed by atoms with van der Waals surface area (Å²) in [6.07, 6.45) is 3.94. The van der Waals surface area contributed by atoms with Gasteiger partial charge >= 0.3 is 6.03 Å². The minimum absolute atomic E-state index is 0.195. The number of carbonyl (C=O) groups is 1. The minimum Gasteiger partial charge on any atom is -0.480 e. The lowest BCUT2D eigenvalue weighted by atomic mass is 10.1. The molecule has 4 heterocycles. The number of nitrogens with one attached hydrogen (secondary N) is 1. The van der Waals surface area contributed by atoms with E-state index in [0.29, 0.717) is 36.9 Å². The predicted octanol–water partition coefficient (Wildman–Crippen LogP) is 1.12. The number of hydrogen-bond acceptors (Lipinski definition) is 6. The van der Waals surface area contributed by atoms with E-state index in [1.165, 1.54) is 0 Å². The molecule has 24 heavy (non-hydrogen) atoms. The van der Waals surface area contributed by atoms with E-state index in [1.807, 2.05) is 6.07 Å². The Bertz CT molecular complexity index is 908. The lowest BCUT2D eigenvalue weighted by molar-refractivity contribution is 0.205. The second-order valence-corrected chi connectivity index (χ2v) is 5.39. The topological polar surface area (TPSA) is 97.5 Å². The van der Waals surface area contributed by atoms with E-state index in [1.54, 1.807) is 41.1 Å². The van der Waals surface area contributed by atoms with Gasteiger partial charge in [-0.15, -0.1) is 5.10 Å². The molecule has 1 aliphatic rings. The molecule has 0 fully saturated rings. The van der Waals surface area contributed by atoms with Crippen LogP contribution in [0.2, 0.25) is 0 Å². The standard InChI is InChI=1S/C15H15N7O2/c1-24-14-8-10-9-21(7-4-11(10)19-20-14)15(23)18-13-2-5-16-12-3-6-17-22(12)13/h2-3,5-6,8H,4,7,9H2,1H3,(H,18,23). The number of fused-ring (bicyclic) bond motifs is 2. The van der Waals surface area contributed by atoms with Crippen LogP contribution in [-0.4, -0.2) is 49.4 Å². The van der Waals surface area contributed by atoms with E-state index < -0.39 is 0 Å². The summed E-state index contributed by atoms with van der Waals surface area (Å²) in [5.74, 6) is 1.02. The summed E-state index contributed by atoms with van der Waals surface area (Å²) in [4.78, 5) is 18.5. The van der Waals surface area contributed by atoms with Crippen LogP contribution in [0.1, 0.15) is 11.3 Å². The molecule has 4 rings (SSSR count). The van der Waals surface area contributed by atoms with Crippen LogP contribution in [0.5, 0.6) is 5.88 Å².